The molecule has 0 bridgehead atoms. The second-order valence-corrected chi connectivity index (χ2v) is 2.77. The maximum Gasteiger partial charge on any atom is 0.217 e. The van der Waals surface area contributed by atoms with Crippen molar-refractivity contribution in [3.63, 3.8) is 0 Å². The molecular weight excluding hydrogens is 210 g/mol. The van der Waals surface area contributed by atoms with Gasteiger partial charge in [0.25, 0.3) is 0 Å². The van der Waals surface area contributed by atoms with Crippen molar-refractivity contribution < 1.29 is 4.74 Å². The Bertz CT molecular complexity index is 236. The fraction of sp³-hybridized carbons (Fsp3) is 0.667. The summed E-state index contributed by atoms with van der Waals surface area (Å²) in [5.74, 6) is 0.832. The summed E-state index contributed by atoms with van der Waals surface area (Å²) in [6.45, 7) is 3.17. The van der Waals surface area contributed by atoms with Gasteiger partial charge in [0.05, 0.1) is 0 Å². The maximum absolute atomic E-state index is 5.17. The van der Waals surface area contributed by atoms with E-state index in [-0.39, 0.29) is 0 Å². The highest BCUT2D eigenvalue weighted by atomic mass is 79.9. The summed E-state index contributed by atoms with van der Waals surface area (Å²) in [4.78, 5) is 4.09. The minimum absolute atomic E-state index is 0.519. The molecule has 0 aliphatic rings. The summed E-state index contributed by atoms with van der Waals surface area (Å²) in [6.07, 6.45) is 0. The van der Waals surface area contributed by atoms with E-state index >= 15 is 0 Å². The van der Waals surface area contributed by atoms with Crippen LogP contribution in [0.2, 0.25) is 0 Å². The van der Waals surface area contributed by atoms with Crippen LogP contribution in [-0.4, -0.2) is 21.4 Å². The highest BCUT2D eigenvalue weighted by molar-refractivity contribution is 9.10. The van der Waals surface area contributed by atoms with E-state index in [0.29, 0.717) is 17.9 Å². The average molecular weight is 220 g/mol. The van der Waals surface area contributed by atoms with Crippen molar-refractivity contribution in [2.24, 2.45) is 7.05 Å². The van der Waals surface area contributed by atoms with Gasteiger partial charge >= 0.3 is 0 Å². The Labute approximate surface area is 73.7 Å². The van der Waals surface area contributed by atoms with Crippen molar-refractivity contribution in [3.05, 3.63) is 10.6 Å². The van der Waals surface area contributed by atoms with Crippen LogP contribution in [0, 0.1) is 0 Å². The van der Waals surface area contributed by atoms with Crippen LogP contribution < -0.4 is 0 Å². The first-order chi connectivity index (χ1) is 5.24. The molecule has 1 rings (SSSR count). The van der Waals surface area contributed by atoms with Gasteiger partial charge in [-0.05, 0) is 22.9 Å². The third-order valence-electron chi connectivity index (χ3n) is 1.26. The predicted molar refractivity (Wildman–Crippen MR) is 44.0 cm³/mol. The van der Waals surface area contributed by atoms with Crippen molar-refractivity contribution in [1.29, 1.82) is 0 Å². The molecule has 1 heterocycles. The van der Waals surface area contributed by atoms with Gasteiger partial charge in [-0.15, -0.1) is 5.10 Å². The zero-order valence-corrected chi connectivity index (χ0v) is 8.13. The molecule has 5 heteroatoms. The topological polar surface area (TPSA) is 39.9 Å². The Morgan fingerprint density at radius 3 is 2.82 bits per heavy atom. The first-order valence-corrected chi connectivity index (χ1v) is 4.16. The van der Waals surface area contributed by atoms with E-state index in [2.05, 4.69) is 26.0 Å². The van der Waals surface area contributed by atoms with Crippen molar-refractivity contribution in [2.45, 2.75) is 13.5 Å². The number of hydrogen-bond donors (Lipinski definition) is 0. The van der Waals surface area contributed by atoms with Gasteiger partial charge in [-0.25, -0.2) is 9.67 Å². The van der Waals surface area contributed by atoms with E-state index in [9.17, 15) is 0 Å². The molecule has 0 unspecified atom stereocenters. The molecule has 0 aliphatic carbocycles. The van der Waals surface area contributed by atoms with E-state index in [1.54, 1.807) is 4.68 Å². The van der Waals surface area contributed by atoms with Crippen molar-refractivity contribution in [1.82, 2.24) is 14.8 Å². The molecule has 0 N–H and O–H groups in total. The fourth-order valence-corrected chi connectivity index (χ4v) is 1.14. The summed E-state index contributed by atoms with van der Waals surface area (Å²) in [7, 11) is 1.84. The zero-order chi connectivity index (χ0) is 8.27. The third kappa shape index (κ3) is 2.27. The van der Waals surface area contributed by atoms with Gasteiger partial charge in [-0.1, -0.05) is 0 Å². The van der Waals surface area contributed by atoms with Crippen LogP contribution in [-0.2, 0) is 18.4 Å². The van der Waals surface area contributed by atoms with Crippen LogP contribution in [0.1, 0.15) is 12.7 Å². The van der Waals surface area contributed by atoms with Gasteiger partial charge in [0.15, 0.2) is 5.82 Å². The largest absolute Gasteiger partial charge is 0.374 e. The quantitative estimate of drug-likeness (QED) is 0.766. The monoisotopic (exact) mass is 219 g/mol. The number of aromatic nitrogens is 3. The molecule has 0 atom stereocenters. The molecule has 0 fully saturated rings. The number of rotatable bonds is 3. The normalized spacial score (nSPS) is 10.5. The molecule has 0 radical (unpaired) electrons. The van der Waals surface area contributed by atoms with Crippen LogP contribution in [0.15, 0.2) is 4.73 Å². The van der Waals surface area contributed by atoms with Crippen LogP contribution in [0.4, 0.5) is 0 Å². The van der Waals surface area contributed by atoms with Crippen LogP contribution >= 0.6 is 15.9 Å². The van der Waals surface area contributed by atoms with Crippen LogP contribution in [0.3, 0.4) is 0 Å². The van der Waals surface area contributed by atoms with Crippen LogP contribution in [0.5, 0.6) is 0 Å². The molecular formula is C6H10BrN3O. The Morgan fingerprint density at radius 1 is 1.64 bits per heavy atom. The molecule has 0 saturated carbocycles. The molecule has 1 aromatic rings. The second-order valence-electron chi connectivity index (χ2n) is 2.06. The maximum atomic E-state index is 5.17. The summed E-state index contributed by atoms with van der Waals surface area (Å²) in [5, 5.41) is 4.01. The lowest BCUT2D eigenvalue weighted by atomic mass is 10.6. The van der Waals surface area contributed by atoms with Gasteiger partial charge in [-0.3, -0.25) is 0 Å². The Morgan fingerprint density at radius 2 is 2.36 bits per heavy atom. The molecule has 11 heavy (non-hydrogen) atoms. The molecule has 0 aliphatic heterocycles. The van der Waals surface area contributed by atoms with Crippen molar-refractivity contribution in [3.8, 4) is 0 Å². The van der Waals surface area contributed by atoms with Crippen molar-refractivity contribution >= 4 is 15.9 Å². The smallest absolute Gasteiger partial charge is 0.217 e. The first kappa shape index (κ1) is 8.67. The zero-order valence-electron chi connectivity index (χ0n) is 6.54. The van der Waals surface area contributed by atoms with Gasteiger partial charge < -0.3 is 4.74 Å². The molecule has 1 aromatic heterocycles. The Balaban J connectivity index is 2.62. The molecule has 0 amide bonds. The second kappa shape index (κ2) is 3.82. The minimum atomic E-state index is 0.519. The van der Waals surface area contributed by atoms with Gasteiger partial charge in [-0.2, -0.15) is 0 Å². The lowest BCUT2D eigenvalue weighted by molar-refractivity contribution is 0.125. The SMILES string of the molecule is CCOCc1nc(Br)nn1C. The van der Waals surface area contributed by atoms with E-state index in [1.165, 1.54) is 0 Å². The number of aryl methyl sites for hydroxylation is 1. The van der Waals surface area contributed by atoms with Gasteiger partial charge in [0.2, 0.25) is 4.73 Å². The summed E-state index contributed by atoms with van der Waals surface area (Å²) in [6, 6.07) is 0. The molecule has 0 aromatic carbocycles. The lowest BCUT2D eigenvalue weighted by Crippen LogP contribution is -2.01. The van der Waals surface area contributed by atoms with E-state index in [1.807, 2.05) is 14.0 Å². The molecule has 0 saturated heterocycles. The summed E-state index contributed by atoms with van der Waals surface area (Å²) < 4.78 is 7.47. The van der Waals surface area contributed by atoms with Gasteiger partial charge in [0.1, 0.15) is 6.61 Å². The van der Waals surface area contributed by atoms with E-state index in [0.717, 1.165) is 5.82 Å². The Hall–Kier alpha value is -0.420. The highest BCUT2D eigenvalue weighted by Gasteiger charge is 2.02. The number of ether oxygens (including phenoxy) is 1. The molecule has 0 spiro atoms. The lowest BCUT2D eigenvalue weighted by Gasteiger charge is -1.98. The average Bonchev–Trinajstić information content (AvgIpc) is 2.26. The van der Waals surface area contributed by atoms with E-state index < -0.39 is 0 Å². The van der Waals surface area contributed by atoms with Gasteiger partial charge in [0, 0.05) is 13.7 Å². The van der Waals surface area contributed by atoms with E-state index in [4.69, 9.17) is 4.74 Å². The minimum Gasteiger partial charge on any atom is -0.374 e. The predicted octanol–water partition coefficient (Wildman–Crippen LogP) is 1.11. The standard InChI is InChI=1S/C6H10BrN3O/c1-3-11-4-5-8-6(7)9-10(5)2/h3-4H2,1-2H3. The molecule has 4 nitrogen and oxygen atoms in total. The summed E-state index contributed by atoms with van der Waals surface area (Å²) >= 11 is 3.18. The number of halogens is 1. The number of nitrogens with zero attached hydrogens (tertiary/aromatic N) is 3. The Kier molecular flexibility index (Phi) is 3.02. The molecule has 62 valence electrons. The third-order valence-corrected chi connectivity index (χ3v) is 1.60. The summed E-state index contributed by atoms with van der Waals surface area (Å²) in [5.41, 5.74) is 0. The first-order valence-electron chi connectivity index (χ1n) is 3.37. The van der Waals surface area contributed by atoms with Crippen LogP contribution in [0.25, 0.3) is 0 Å². The number of hydrogen-bond acceptors (Lipinski definition) is 3. The fourth-order valence-electron chi connectivity index (χ4n) is 0.702. The van der Waals surface area contributed by atoms with Crippen molar-refractivity contribution in [2.75, 3.05) is 6.61 Å². The highest BCUT2D eigenvalue weighted by Crippen LogP contribution is 2.04.